The number of methoxy groups -OCH3 is 1. The monoisotopic (exact) mass is 369 g/mol. The largest absolute Gasteiger partial charge is 0.495 e. The summed E-state index contributed by atoms with van der Waals surface area (Å²) in [6.45, 7) is 0. The zero-order valence-corrected chi connectivity index (χ0v) is 14.4. The molecule has 0 unspecified atom stereocenters. The average molecular weight is 370 g/mol. The molecule has 6 nitrogen and oxygen atoms in total. The first-order chi connectivity index (χ1) is 12.6. The predicted octanol–water partition coefficient (Wildman–Crippen LogP) is 4.64. The Morgan fingerprint density at radius 1 is 1.15 bits per heavy atom. The van der Waals surface area contributed by atoms with Crippen LogP contribution >= 0.6 is 11.6 Å². The lowest BCUT2D eigenvalue weighted by molar-refractivity contribution is 0.415. The van der Waals surface area contributed by atoms with Gasteiger partial charge in [-0.3, -0.25) is 0 Å². The number of benzene rings is 2. The third kappa shape index (κ3) is 3.99. The molecular weight excluding hydrogens is 357 g/mol. The van der Waals surface area contributed by atoms with Crippen LogP contribution in [0.25, 0.3) is 0 Å². The van der Waals surface area contributed by atoms with Gasteiger partial charge in [0.05, 0.1) is 30.0 Å². The van der Waals surface area contributed by atoms with Gasteiger partial charge in [-0.15, -0.1) is 0 Å². The minimum atomic E-state index is -0.617. The highest BCUT2D eigenvalue weighted by Crippen LogP contribution is 2.29. The topological polar surface area (TPSA) is 82.9 Å². The van der Waals surface area contributed by atoms with Gasteiger partial charge in [-0.2, -0.15) is 10.2 Å². The summed E-state index contributed by atoms with van der Waals surface area (Å²) in [5, 5.41) is 15.1. The van der Waals surface area contributed by atoms with Gasteiger partial charge in [0.15, 0.2) is 11.6 Å². The molecule has 0 radical (unpaired) electrons. The Hall–Kier alpha value is -3.37. The molecule has 8 heteroatoms. The summed E-state index contributed by atoms with van der Waals surface area (Å²) in [7, 11) is 1.51. The van der Waals surface area contributed by atoms with Crippen LogP contribution < -0.4 is 15.4 Å². The first-order valence-electron chi connectivity index (χ1n) is 7.49. The van der Waals surface area contributed by atoms with E-state index in [9.17, 15) is 4.39 Å². The summed E-state index contributed by atoms with van der Waals surface area (Å²) in [5.74, 6) is 0.0668. The van der Waals surface area contributed by atoms with E-state index in [1.54, 1.807) is 42.5 Å². The smallest absolute Gasteiger partial charge is 0.229 e. The van der Waals surface area contributed by atoms with Crippen molar-refractivity contribution in [2.45, 2.75) is 0 Å². The van der Waals surface area contributed by atoms with Gasteiger partial charge in [-0.25, -0.2) is 9.37 Å². The van der Waals surface area contributed by atoms with Crippen molar-refractivity contribution in [3.63, 3.8) is 0 Å². The first kappa shape index (κ1) is 17.5. The molecule has 2 N–H and O–H groups in total. The van der Waals surface area contributed by atoms with E-state index in [1.807, 2.05) is 6.07 Å². The normalized spacial score (nSPS) is 10.1. The lowest BCUT2D eigenvalue weighted by Crippen LogP contribution is -2.03. The second-order valence-electron chi connectivity index (χ2n) is 5.18. The Labute approximate surface area is 154 Å². The van der Waals surface area contributed by atoms with Gasteiger partial charge >= 0.3 is 0 Å². The molecule has 0 fully saturated rings. The minimum Gasteiger partial charge on any atom is -0.495 e. The Morgan fingerprint density at radius 3 is 2.69 bits per heavy atom. The zero-order valence-electron chi connectivity index (χ0n) is 13.6. The van der Waals surface area contributed by atoms with E-state index in [2.05, 4.69) is 20.6 Å². The molecule has 2 aromatic carbocycles. The number of halogens is 2. The molecule has 1 aromatic heterocycles. The highest BCUT2D eigenvalue weighted by atomic mass is 35.5. The molecule has 0 aliphatic rings. The number of nitriles is 1. The van der Waals surface area contributed by atoms with Crippen LogP contribution in [0.2, 0.25) is 5.02 Å². The van der Waals surface area contributed by atoms with Crippen LogP contribution in [0.1, 0.15) is 5.56 Å². The van der Waals surface area contributed by atoms with Crippen molar-refractivity contribution >= 4 is 34.7 Å². The van der Waals surface area contributed by atoms with Crippen molar-refractivity contribution in [3.8, 4) is 11.8 Å². The van der Waals surface area contributed by atoms with Gasteiger partial charge < -0.3 is 15.4 Å². The number of nitrogens with zero attached hydrogens (tertiary/aromatic N) is 3. The number of anilines is 4. The summed E-state index contributed by atoms with van der Waals surface area (Å²) >= 11 is 6.07. The van der Waals surface area contributed by atoms with Crippen LogP contribution in [0, 0.1) is 17.1 Å². The van der Waals surface area contributed by atoms with Gasteiger partial charge in [0, 0.05) is 11.4 Å². The lowest BCUT2D eigenvalue weighted by Gasteiger charge is -2.11. The van der Waals surface area contributed by atoms with Crippen LogP contribution in [0.3, 0.4) is 0 Å². The van der Waals surface area contributed by atoms with Crippen molar-refractivity contribution in [2.75, 3.05) is 17.7 Å². The van der Waals surface area contributed by atoms with Crippen molar-refractivity contribution in [2.24, 2.45) is 0 Å². The fourth-order valence-corrected chi connectivity index (χ4v) is 2.45. The Bertz CT molecular complexity index is 990. The lowest BCUT2D eigenvalue weighted by atomic mass is 10.2. The SMILES string of the molecule is COc1ccc(Nc2nc(Nc3cccc(C#N)c3)ncc2F)cc1Cl. The van der Waals surface area contributed by atoms with Crippen LogP contribution in [0.15, 0.2) is 48.7 Å². The molecule has 26 heavy (non-hydrogen) atoms. The van der Waals surface area contributed by atoms with E-state index < -0.39 is 5.82 Å². The number of hydrogen-bond acceptors (Lipinski definition) is 6. The fourth-order valence-electron chi connectivity index (χ4n) is 2.19. The number of rotatable bonds is 5. The third-order valence-electron chi connectivity index (χ3n) is 3.41. The molecule has 0 saturated heterocycles. The maximum atomic E-state index is 14.0. The maximum absolute atomic E-state index is 14.0. The van der Waals surface area contributed by atoms with E-state index in [0.717, 1.165) is 6.20 Å². The van der Waals surface area contributed by atoms with E-state index in [1.165, 1.54) is 7.11 Å². The second kappa shape index (κ2) is 7.68. The predicted molar refractivity (Wildman–Crippen MR) is 97.7 cm³/mol. The van der Waals surface area contributed by atoms with Crippen molar-refractivity contribution in [3.05, 3.63) is 65.1 Å². The summed E-state index contributed by atoms with van der Waals surface area (Å²) in [6.07, 6.45) is 1.05. The molecule has 0 bridgehead atoms. The van der Waals surface area contributed by atoms with Crippen LogP contribution in [0.4, 0.5) is 27.5 Å². The van der Waals surface area contributed by atoms with Crippen molar-refractivity contribution in [1.82, 2.24) is 9.97 Å². The maximum Gasteiger partial charge on any atom is 0.229 e. The standard InChI is InChI=1S/C18H13ClFN5O/c1-26-16-6-5-13(8-14(16)19)23-17-15(20)10-22-18(25-17)24-12-4-2-3-11(7-12)9-21/h2-8,10H,1H3,(H2,22,23,24,25). The number of aromatic nitrogens is 2. The summed E-state index contributed by atoms with van der Waals surface area (Å²) < 4.78 is 19.1. The van der Waals surface area contributed by atoms with Crippen LogP contribution in [0.5, 0.6) is 5.75 Å². The molecule has 0 saturated carbocycles. The Balaban J connectivity index is 1.83. The molecule has 0 aliphatic heterocycles. The molecule has 0 spiro atoms. The number of hydrogen-bond donors (Lipinski definition) is 2. The summed E-state index contributed by atoms with van der Waals surface area (Å²) in [5.41, 5.74) is 1.66. The van der Waals surface area contributed by atoms with E-state index in [0.29, 0.717) is 27.7 Å². The van der Waals surface area contributed by atoms with Crippen LogP contribution in [-0.4, -0.2) is 17.1 Å². The van der Waals surface area contributed by atoms with E-state index in [4.69, 9.17) is 21.6 Å². The molecule has 1 heterocycles. The third-order valence-corrected chi connectivity index (χ3v) is 3.70. The van der Waals surface area contributed by atoms with Gasteiger partial charge in [0.2, 0.25) is 5.95 Å². The highest BCUT2D eigenvalue weighted by Gasteiger charge is 2.09. The number of ether oxygens (including phenoxy) is 1. The van der Waals surface area contributed by atoms with Crippen molar-refractivity contribution in [1.29, 1.82) is 5.26 Å². The first-order valence-corrected chi connectivity index (χ1v) is 7.87. The number of nitrogens with one attached hydrogen (secondary N) is 2. The molecule has 130 valence electrons. The summed E-state index contributed by atoms with van der Waals surface area (Å²) in [6, 6.07) is 13.8. The molecule has 3 rings (SSSR count). The van der Waals surface area contributed by atoms with Gasteiger partial charge in [0.25, 0.3) is 0 Å². The molecule has 0 amide bonds. The minimum absolute atomic E-state index is 0.0137. The molecule has 3 aromatic rings. The molecule has 0 aliphatic carbocycles. The summed E-state index contributed by atoms with van der Waals surface area (Å²) in [4.78, 5) is 8.04. The average Bonchev–Trinajstić information content (AvgIpc) is 2.65. The van der Waals surface area contributed by atoms with E-state index >= 15 is 0 Å². The van der Waals surface area contributed by atoms with Gasteiger partial charge in [0.1, 0.15) is 5.75 Å². The zero-order chi connectivity index (χ0) is 18.5. The molecular formula is C18H13ClFN5O. The second-order valence-corrected chi connectivity index (χ2v) is 5.59. The quantitative estimate of drug-likeness (QED) is 0.681. The fraction of sp³-hybridized carbons (Fsp3) is 0.0556. The van der Waals surface area contributed by atoms with Crippen LogP contribution in [-0.2, 0) is 0 Å². The molecule has 0 atom stereocenters. The highest BCUT2D eigenvalue weighted by molar-refractivity contribution is 6.32. The Morgan fingerprint density at radius 2 is 1.96 bits per heavy atom. The van der Waals surface area contributed by atoms with Crippen molar-refractivity contribution < 1.29 is 9.13 Å². The van der Waals surface area contributed by atoms with Gasteiger partial charge in [-0.1, -0.05) is 17.7 Å². The van der Waals surface area contributed by atoms with Gasteiger partial charge in [-0.05, 0) is 36.4 Å². The Kier molecular flexibility index (Phi) is 5.15. The van der Waals surface area contributed by atoms with E-state index in [-0.39, 0.29) is 11.8 Å².